The summed E-state index contributed by atoms with van der Waals surface area (Å²) in [7, 11) is 1.70. The number of benzene rings is 1. The molecule has 2 aliphatic rings. The number of methoxy groups -OCH3 is 1. The molecule has 5 heteroatoms. The highest BCUT2D eigenvalue weighted by Gasteiger charge is 2.38. The van der Waals surface area contributed by atoms with E-state index in [2.05, 4.69) is 4.90 Å². The second kappa shape index (κ2) is 7.22. The Morgan fingerprint density at radius 3 is 2.54 bits per heavy atom. The topological polar surface area (TPSA) is 49.8 Å². The van der Waals surface area contributed by atoms with Gasteiger partial charge in [-0.15, -0.1) is 0 Å². The first-order valence-electron chi connectivity index (χ1n) is 8.82. The Hall–Kier alpha value is -1.42. The minimum absolute atomic E-state index is 0.335. The van der Waals surface area contributed by atoms with Crippen LogP contribution in [0, 0.1) is 11.3 Å². The summed E-state index contributed by atoms with van der Waals surface area (Å²) in [5.41, 5.74) is 1.50. The molecular formula is C19H26ClNO3. The van der Waals surface area contributed by atoms with E-state index in [4.69, 9.17) is 21.4 Å². The van der Waals surface area contributed by atoms with Crippen molar-refractivity contribution in [1.29, 1.82) is 0 Å². The van der Waals surface area contributed by atoms with Gasteiger partial charge in [-0.25, -0.2) is 0 Å². The van der Waals surface area contributed by atoms with Gasteiger partial charge in [-0.1, -0.05) is 11.6 Å². The minimum Gasteiger partial charge on any atom is -0.495 e. The Bertz CT molecular complexity index is 586. The Morgan fingerprint density at radius 1 is 1.29 bits per heavy atom. The lowest BCUT2D eigenvalue weighted by molar-refractivity contribution is -0.138. The smallest absolute Gasteiger partial charge is 0.303 e. The monoisotopic (exact) mass is 351 g/mol. The molecule has 0 bridgehead atoms. The summed E-state index contributed by atoms with van der Waals surface area (Å²) in [5, 5.41) is 9.71. The fourth-order valence-corrected chi connectivity index (χ4v) is 4.54. The molecule has 1 aliphatic carbocycles. The highest BCUT2D eigenvalue weighted by molar-refractivity contribution is 6.30. The maximum Gasteiger partial charge on any atom is 0.303 e. The molecule has 0 radical (unpaired) electrons. The van der Waals surface area contributed by atoms with E-state index in [9.17, 15) is 4.79 Å². The van der Waals surface area contributed by atoms with Gasteiger partial charge in [-0.3, -0.25) is 4.79 Å². The number of anilines is 1. The number of aliphatic carboxylic acids is 1. The maximum absolute atomic E-state index is 10.9. The van der Waals surface area contributed by atoms with Gasteiger partial charge in [0.25, 0.3) is 0 Å². The van der Waals surface area contributed by atoms with E-state index >= 15 is 0 Å². The molecule has 1 aromatic rings. The molecule has 0 atom stereocenters. The molecule has 3 rings (SSSR count). The number of carboxylic acids is 1. The van der Waals surface area contributed by atoms with Crippen molar-refractivity contribution >= 4 is 23.3 Å². The van der Waals surface area contributed by atoms with E-state index in [1.807, 2.05) is 18.2 Å². The molecule has 1 aromatic carbocycles. The summed E-state index contributed by atoms with van der Waals surface area (Å²) < 4.78 is 5.49. The summed E-state index contributed by atoms with van der Waals surface area (Å²) in [5.74, 6) is 0.596. The summed E-state index contributed by atoms with van der Waals surface area (Å²) in [6.45, 7) is 2.03. The lowest BCUT2D eigenvalue weighted by Crippen LogP contribution is -2.42. The summed E-state index contributed by atoms with van der Waals surface area (Å²) >= 11 is 6.16. The van der Waals surface area contributed by atoms with Crippen LogP contribution in [0.3, 0.4) is 0 Å². The molecule has 132 valence electrons. The lowest BCUT2D eigenvalue weighted by Gasteiger charge is -2.46. The van der Waals surface area contributed by atoms with Crippen LogP contribution in [0.1, 0.15) is 44.9 Å². The number of hydrogen-bond donors (Lipinski definition) is 1. The van der Waals surface area contributed by atoms with Crippen LogP contribution in [0.15, 0.2) is 18.2 Å². The average molecular weight is 352 g/mol. The van der Waals surface area contributed by atoms with Gasteiger partial charge < -0.3 is 14.7 Å². The van der Waals surface area contributed by atoms with E-state index in [1.54, 1.807) is 7.11 Å². The van der Waals surface area contributed by atoms with Crippen molar-refractivity contribution in [3.05, 3.63) is 23.2 Å². The van der Waals surface area contributed by atoms with E-state index in [1.165, 1.54) is 25.7 Å². The van der Waals surface area contributed by atoms with Crippen LogP contribution in [-0.4, -0.2) is 31.3 Å². The Morgan fingerprint density at radius 2 is 1.96 bits per heavy atom. The van der Waals surface area contributed by atoms with Crippen molar-refractivity contribution in [3.63, 3.8) is 0 Å². The molecule has 1 saturated carbocycles. The number of rotatable bonds is 4. The number of piperidine rings is 1. The van der Waals surface area contributed by atoms with Crippen LogP contribution in [0.5, 0.6) is 5.75 Å². The molecule has 0 aromatic heterocycles. The summed E-state index contributed by atoms with van der Waals surface area (Å²) in [6, 6.07) is 5.78. The third-order valence-electron chi connectivity index (χ3n) is 5.93. The zero-order valence-electron chi connectivity index (χ0n) is 14.3. The molecule has 2 fully saturated rings. The Labute approximate surface area is 148 Å². The van der Waals surface area contributed by atoms with Crippen LogP contribution in [-0.2, 0) is 4.79 Å². The van der Waals surface area contributed by atoms with Gasteiger partial charge in [0.2, 0.25) is 0 Å². The number of halogens is 1. The first-order valence-corrected chi connectivity index (χ1v) is 9.19. The van der Waals surface area contributed by atoms with Crippen LogP contribution < -0.4 is 9.64 Å². The first-order chi connectivity index (χ1) is 11.5. The van der Waals surface area contributed by atoms with Gasteiger partial charge in [0.15, 0.2) is 0 Å². The molecule has 1 spiro atoms. The van der Waals surface area contributed by atoms with Crippen LogP contribution in [0.2, 0.25) is 5.02 Å². The minimum atomic E-state index is -0.654. The van der Waals surface area contributed by atoms with Crippen LogP contribution in [0.25, 0.3) is 0 Å². The SMILES string of the molecule is COc1ccc(Cl)cc1N1CCC2(CCC(CC(=O)O)CC2)CC1. The van der Waals surface area contributed by atoms with Gasteiger partial charge >= 0.3 is 5.97 Å². The predicted octanol–water partition coefficient (Wildman–Crippen LogP) is 4.60. The molecule has 1 saturated heterocycles. The lowest BCUT2D eigenvalue weighted by atomic mass is 9.65. The molecule has 1 N–H and O–H groups in total. The molecule has 24 heavy (non-hydrogen) atoms. The summed E-state index contributed by atoms with van der Waals surface area (Å²) in [4.78, 5) is 13.3. The maximum atomic E-state index is 10.9. The van der Waals surface area contributed by atoms with Gasteiger partial charge in [0.05, 0.1) is 12.8 Å². The molecule has 4 nitrogen and oxygen atoms in total. The van der Waals surface area contributed by atoms with Crippen molar-refractivity contribution in [3.8, 4) is 5.75 Å². The number of carbonyl (C=O) groups is 1. The van der Waals surface area contributed by atoms with Crippen LogP contribution >= 0.6 is 11.6 Å². The summed E-state index contributed by atoms with van der Waals surface area (Å²) in [6.07, 6.45) is 7.14. The largest absolute Gasteiger partial charge is 0.495 e. The van der Waals surface area contributed by atoms with Crippen molar-refractivity contribution in [2.75, 3.05) is 25.1 Å². The molecule has 1 aliphatic heterocycles. The Kier molecular flexibility index (Phi) is 5.24. The highest BCUT2D eigenvalue weighted by atomic mass is 35.5. The second-order valence-corrected chi connectivity index (χ2v) is 7.78. The molecule has 1 heterocycles. The molecule has 0 unspecified atom stereocenters. The Balaban J connectivity index is 1.60. The van der Waals surface area contributed by atoms with Gasteiger partial charge in [-0.05, 0) is 68.1 Å². The van der Waals surface area contributed by atoms with Crippen molar-refractivity contribution in [2.45, 2.75) is 44.9 Å². The van der Waals surface area contributed by atoms with Crippen molar-refractivity contribution < 1.29 is 14.6 Å². The highest BCUT2D eigenvalue weighted by Crippen LogP contribution is 2.48. The van der Waals surface area contributed by atoms with E-state index in [-0.39, 0.29) is 0 Å². The zero-order chi connectivity index (χ0) is 17.2. The standard InChI is InChI=1S/C19H26ClNO3/c1-24-17-3-2-15(20)13-16(17)21-10-8-19(9-11-21)6-4-14(5-7-19)12-18(22)23/h2-3,13-14H,4-12H2,1H3,(H,22,23). The number of nitrogens with zero attached hydrogens (tertiary/aromatic N) is 1. The zero-order valence-corrected chi connectivity index (χ0v) is 15.0. The van der Waals surface area contributed by atoms with E-state index in [0.29, 0.717) is 17.8 Å². The normalized spacial score (nSPS) is 21.0. The molecule has 0 amide bonds. The third-order valence-corrected chi connectivity index (χ3v) is 6.17. The van der Waals surface area contributed by atoms with E-state index in [0.717, 1.165) is 42.4 Å². The van der Waals surface area contributed by atoms with Gasteiger partial charge in [0, 0.05) is 24.5 Å². The average Bonchev–Trinajstić information content (AvgIpc) is 2.57. The second-order valence-electron chi connectivity index (χ2n) is 7.34. The number of ether oxygens (including phenoxy) is 1. The quantitative estimate of drug-likeness (QED) is 0.861. The van der Waals surface area contributed by atoms with E-state index < -0.39 is 5.97 Å². The predicted molar refractivity (Wildman–Crippen MR) is 96.1 cm³/mol. The van der Waals surface area contributed by atoms with Crippen molar-refractivity contribution in [2.24, 2.45) is 11.3 Å². The van der Waals surface area contributed by atoms with Crippen LogP contribution in [0.4, 0.5) is 5.69 Å². The number of hydrogen-bond acceptors (Lipinski definition) is 3. The van der Waals surface area contributed by atoms with Gasteiger partial charge in [0.1, 0.15) is 5.75 Å². The van der Waals surface area contributed by atoms with Crippen molar-refractivity contribution in [1.82, 2.24) is 0 Å². The number of carboxylic acid groups (broad SMARTS) is 1. The fourth-order valence-electron chi connectivity index (χ4n) is 4.37. The van der Waals surface area contributed by atoms with Gasteiger partial charge in [-0.2, -0.15) is 0 Å². The molecular weight excluding hydrogens is 326 g/mol. The third kappa shape index (κ3) is 3.80. The first kappa shape index (κ1) is 17.4. The fraction of sp³-hybridized carbons (Fsp3) is 0.632.